The molecule has 0 aliphatic carbocycles. The Bertz CT molecular complexity index is 791. The number of hydrogen-bond donors (Lipinski definition) is 1. The van der Waals surface area contributed by atoms with Gasteiger partial charge in [-0.1, -0.05) is 51.1 Å². The van der Waals surface area contributed by atoms with Gasteiger partial charge in [0.2, 0.25) is 0 Å². The van der Waals surface area contributed by atoms with Crippen molar-refractivity contribution in [3.05, 3.63) is 70.5 Å². The van der Waals surface area contributed by atoms with Gasteiger partial charge < -0.3 is 9.53 Å². The third-order valence-corrected chi connectivity index (χ3v) is 4.99. The molecule has 0 saturated carbocycles. The maximum absolute atomic E-state index is 13.5. The van der Waals surface area contributed by atoms with Crippen molar-refractivity contribution in [3.63, 3.8) is 0 Å². The lowest BCUT2D eigenvalue weighted by Gasteiger charge is -2.33. The molecule has 138 valence electrons. The number of nitriles is 1. The molecule has 0 fully saturated rings. The summed E-state index contributed by atoms with van der Waals surface area (Å²) >= 11 is 0. The number of aliphatic hydroxyl groups is 1. The summed E-state index contributed by atoms with van der Waals surface area (Å²) in [5.74, 6) is -0.582. The zero-order valence-electron chi connectivity index (χ0n) is 16.0. The highest BCUT2D eigenvalue weighted by Crippen LogP contribution is 2.37. The molecule has 2 atom stereocenters. The van der Waals surface area contributed by atoms with Crippen LogP contribution in [0.25, 0.3) is 0 Å². The Hall–Kier alpha value is -2.00. The Labute approximate surface area is 156 Å². The number of halogens is 1. The van der Waals surface area contributed by atoms with Crippen molar-refractivity contribution in [3.8, 4) is 6.07 Å². The molecule has 0 aromatic heterocycles. The average Bonchev–Trinajstić information content (AvgIpc) is 2.58. The lowest BCUT2D eigenvalue weighted by Crippen LogP contribution is -2.25. The van der Waals surface area contributed by atoms with E-state index < -0.39 is 21.0 Å². The van der Waals surface area contributed by atoms with Crippen LogP contribution < -0.4 is 0 Å². The minimum atomic E-state index is -1.21. The highest BCUT2D eigenvalue weighted by atomic mass is 28.3. The van der Waals surface area contributed by atoms with E-state index in [4.69, 9.17) is 9.69 Å². The molecule has 0 aliphatic rings. The average molecular weight is 372 g/mol. The van der Waals surface area contributed by atoms with Crippen LogP contribution in [0.3, 0.4) is 0 Å². The van der Waals surface area contributed by atoms with Gasteiger partial charge in [-0.25, -0.2) is 4.39 Å². The smallest absolute Gasteiger partial charge is 0.171 e. The molecule has 1 N–H and O–H groups in total. The minimum absolute atomic E-state index is 0.00336. The van der Waals surface area contributed by atoms with Gasteiger partial charge in [0, 0.05) is 0 Å². The number of hydrogen-bond acceptors (Lipinski definition) is 3. The van der Waals surface area contributed by atoms with Crippen molar-refractivity contribution in [2.75, 3.05) is 0 Å². The van der Waals surface area contributed by atoms with Gasteiger partial charge in [-0.05, 0) is 47.3 Å². The first-order valence-corrected chi connectivity index (χ1v) is 11.5. The number of nitrogens with zero attached hydrogens (tertiary/aromatic N) is 1. The summed E-state index contributed by atoms with van der Waals surface area (Å²) in [7, 11) is -1.21. The molecule has 0 bridgehead atoms. The largest absolute Gasteiger partial charge is 0.413 e. The molecule has 0 radical (unpaired) electrons. The zero-order valence-corrected chi connectivity index (χ0v) is 17.1. The van der Waals surface area contributed by atoms with E-state index >= 15 is 0 Å². The van der Waals surface area contributed by atoms with Crippen molar-refractivity contribution < 1.29 is 13.9 Å². The Kier molecular flexibility index (Phi) is 6.35. The van der Waals surface area contributed by atoms with E-state index in [0.717, 1.165) is 5.56 Å². The van der Waals surface area contributed by atoms with E-state index in [2.05, 4.69) is 33.9 Å². The Morgan fingerprint density at radius 3 is 2.08 bits per heavy atom. The van der Waals surface area contributed by atoms with Crippen LogP contribution in [0, 0.1) is 22.6 Å². The highest BCUT2D eigenvalue weighted by Gasteiger charge is 2.28. The van der Waals surface area contributed by atoms with Crippen LogP contribution in [0.5, 0.6) is 0 Å². The fourth-order valence-corrected chi connectivity index (χ4v) is 4.01. The van der Waals surface area contributed by atoms with Crippen LogP contribution >= 0.6 is 0 Å². The number of aliphatic hydroxyl groups excluding tert-OH is 1. The van der Waals surface area contributed by atoms with Crippen molar-refractivity contribution >= 4 is 9.04 Å². The third-order valence-electron chi connectivity index (χ3n) is 4.18. The lowest BCUT2D eigenvalue weighted by molar-refractivity contribution is 0.0865. The molecule has 2 aromatic rings. The van der Waals surface area contributed by atoms with E-state index in [1.54, 1.807) is 6.07 Å². The normalized spacial score (nSPS) is 14.1. The number of benzene rings is 2. The maximum Gasteiger partial charge on any atom is 0.171 e. The molecule has 0 aliphatic heterocycles. The molecular weight excluding hydrogens is 345 g/mol. The summed E-state index contributed by atoms with van der Waals surface area (Å²) in [4.78, 5) is 0. The van der Waals surface area contributed by atoms with Crippen molar-refractivity contribution in [1.29, 1.82) is 5.26 Å². The molecule has 5 heteroatoms. The summed E-state index contributed by atoms with van der Waals surface area (Å²) in [5, 5.41) is 19.5. The van der Waals surface area contributed by atoms with Gasteiger partial charge in [0.15, 0.2) is 9.04 Å². The van der Waals surface area contributed by atoms with Crippen LogP contribution in [0.4, 0.5) is 4.39 Å². The summed E-state index contributed by atoms with van der Waals surface area (Å²) in [5.41, 5.74) is 2.16. The Balaban J connectivity index is 2.29. The van der Waals surface area contributed by atoms with Crippen molar-refractivity contribution in [2.45, 2.75) is 46.1 Å². The predicted molar refractivity (Wildman–Crippen MR) is 104 cm³/mol. The van der Waals surface area contributed by atoms with E-state index in [0.29, 0.717) is 11.1 Å². The van der Waals surface area contributed by atoms with E-state index in [-0.39, 0.29) is 17.1 Å². The van der Waals surface area contributed by atoms with Gasteiger partial charge in [-0.2, -0.15) is 5.26 Å². The van der Waals surface area contributed by atoms with Gasteiger partial charge in [-0.3, -0.25) is 0 Å². The highest BCUT2D eigenvalue weighted by molar-refractivity contribution is 6.48. The zero-order chi connectivity index (χ0) is 19.5. The summed E-state index contributed by atoms with van der Waals surface area (Å²) in [6.45, 7) is 10.8. The van der Waals surface area contributed by atoms with Crippen LogP contribution in [0.2, 0.25) is 13.1 Å². The molecule has 0 saturated heterocycles. The summed E-state index contributed by atoms with van der Waals surface area (Å²) in [6.07, 6.45) is -0.915. The monoisotopic (exact) mass is 371 g/mol. The summed E-state index contributed by atoms with van der Waals surface area (Å²) in [6, 6.07) is 13.6. The summed E-state index contributed by atoms with van der Waals surface area (Å²) < 4.78 is 19.7. The standard InChI is InChI=1S/C21H26FNO2Si/c1-21(2,3)20(25-26(4)5)15-8-6-14(7-9-15)19(24)16-10-11-18(22)17(12-16)13-23/h6-12,19-20,24,26H,1-5H3. The van der Waals surface area contributed by atoms with Crippen LogP contribution in [-0.4, -0.2) is 14.1 Å². The fourth-order valence-electron chi connectivity index (χ4n) is 2.90. The second-order valence-electron chi connectivity index (χ2n) is 7.85. The first-order valence-electron chi connectivity index (χ1n) is 8.76. The van der Waals surface area contributed by atoms with Crippen LogP contribution in [0.1, 0.15) is 55.2 Å². The molecule has 2 unspecified atom stereocenters. The third kappa shape index (κ3) is 4.79. The molecule has 0 spiro atoms. The quantitative estimate of drug-likeness (QED) is 0.763. The Morgan fingerprint density at radius 2 is 1.58 bits per heavy atom. The van der Waals surface area contributed by atoms with Crippen molar-refractivity contribution in [2.24, 2.45) is 5.41 Å². The maximum atomic E-state index is 13.5. The van der Waals surface area contributed by atoms with Crippen LogP contribution in [-0.2, 0) is 4.43 Å². The van der Waals surface area contributed by atoms with Crippen molar-refractivity contribution in [1.82, 2.24) is 0 Å². The fraction of sp³-hybridized carbons (Fsp3) is 0.381. The first kappa shape index (κ1) is 20.3. The van der Waals surface area contributed by atoms with E-state index in [1.165, 1.54) is 18.2 Å². The second-order valence-corrected chi connectivity index (χ2v) is 10.2. The van der Waals surface area contributed by atoms with Crippen LogP contribution in [0.15, 0.2) is 42.5 Å². The molecule has 2 aromatic carbocycles. The van der Waals surface area contributed by atoms with Gasteiger partial charge in [0.1, 0.15) is 18.0 Å². The SMILES string of the molecule is C[SiH](C)OC(c1ccc(C(O)c2ccc(F)c(C#N)c2)cc1)C(C)(C)C. The van der Waals surface area contributed by atoms with E-state index in [9.17, 15) is 9.50 Å². The second kappa shape index (κ2) is 8.13. The molecule has 0 heterocycles. The van der Waals surface area contributed by atoms with Gasteiger partial charge in [0.05, 0.1) is 11.7 Å². The van der Waals surface area contributed by atoms with Gasteiger partial charge in [-0.15, -0.1) is 0 Å². The molecule has 2 rings (SSSR count). The Morgan fingerprint density at radius 1 is 1.04 bits per heavy atom. The molecular formula is C21H26FNO2Si. The molecule has 0 amide bonds. The molecule has 26 heavy (non-hydrogen) atoms. The first-order chi connectivity index (χ1) is 12.1. The predicted octanol–water partition coefficient (Wildman–Crippen LogP) is 4.87. The topological polar surface area (TPSA) is 53.2 Å². The lowest BCUT2D eigenvalue weighted by atomic mass is 9.84. The molecule has 3 nitrogen and oxygen atoms in total. The van der Waals surface area contributed by atoms with Gasteiger partial charge in [0.25, 0.3) is 0 Å². The van der Waals surface area contributed by atoms with Gasteiger partial charge >= 0.3 is 0 Å². The van der Waals surface area contributed by atoms with E-state index in [1.807, 2.05) is 24.3 Å². The minimum Gasteiger partial charge on any atom is -0.413 e. The number of rotatable bonds is 5.